The minimum Gasteiger partial charge on any atom is -0.497 e. The van der Waals surface area contributed by atoms with Crippen LogP contribution in [0.5, 0.6) is 11.5 Å². The molecule has 12 heteroatoms. The summed E-state index contributed by atoms with van der Waals surface area (Å²) in [5.74, 6) is 0.312. The normalized spacial score (nSPS) is 10.3. The van der Waals surface area contributed by atoms with Crippen LogP contribution in [0.25, 0.3) is 0 Å². The highest BCUT2D eigenvalue weighted by Crippen LogP contribution is 2.27. The molecule has 0 aliphatic rings. The number of nitrogens with zero attached hydrogens (tertiary/aromatic N) is 2. The third-order valence-electron chi connectivity index (χ3n) is 4.06. The molecule has 172 valence electrons. The van der Waals surface area contributed by atoms with Crippen molar-refractivity contribution in [1.29, 1.82) is 0 Å². The van der Waals surface area contributed by atoms with Crippen LogP contribution >= 0.6 is 23.1 Å². The molecule has 0 fully saturated rings. The van der Waals surface area contributed by atoms with Gasteiger partial charge in [-0.05, 0) is 36.4 Å². The lowest BCUT2D eigenvalue weighted by Crippen LogP contribution is -2.14. The molecule has 2 aromatic carbocycles. The predicted molar refractivity (Wildman–Crippen MR) is 128 cm³/mol. The fourth-order valence-electron chi connectivity index (χ4n) is 2.59. The summed E-state index contributed by atoms with van der Waals surface area (Å²) in [6, 6.07) is 11.6. The number of amides is 3. The zero-order valence-electron chi connectivity index (χ0n) is 18.0. The Kier molecular flexibility index (Phi) is 8.22. The molecule has 3 aromatic rings. The van der Waals surface area contributed by atoms with Crippen molar-refractivity contribution in [1.82, 2.24) is 10.2 Å². The van der Waals surface area contributed by atoms with E-state index >= 15 is 0 Å². The fourth-order valence-corrected chi connectivity index (χ4v) is 4.14. The van der Waals surface area contributed by atoms with E-state index in [4.69, 9.17) is 9.47 Å². The lowest BCUT2D eigenvalue weighted by atomic mass is 10.2. The Labute approximate surface area is 198 Å². The number of aromatic nitrogens is 2. The maximum absolute atomic E-state index is 12.5. The van der Waals surface area contributed by atoms with Crippen LogP contribution in [-0.2, 0) is 9.59 Å². The second kappa shape index (κ2) is 11.3. The molecule has 0 aliphatic carbocycles. The van der Waals surface area contributed by atoms with Gasteiger partial charge in [0.05, 0.1) is 20.0 Å². The summed E-state index contributed by atoms with van der Waals surface area (Å²) in [5, 5.41) is 16.4. The van der Waals surface area contributed by atoms with Gasteiger partial charge in [-0.3, -0.25) is 19.7 Å². The van der Waals surface area contributed by atoms with Crippen molar-refractivity contribution in [3.05, 3.63) is 48.0 Å². The average molecular weight is 488 g/mol. The van der Waals surface area contributed by atoms with Crippen LogP contribution in [0.1, 0.15) is 17.3 Å². The van der Waals surface area contributed by atoms with Gasteiger partial charge in [-0.2, -0.15) is 0 Å². The number of benzene rings is 2. The number of carbonyl (C=O) groups excluding carboxylic acids is 3. The van der Waals surface area contributed by atoms with E-state index in [-0.39, 0.29) is 23.5 Å². The van der Waals surface area contributed by atoms with Gasteiger partial charge in [0.2, 0.25) is 16.9 Å². The number of methoxy groups -OCH3 is 2. The summed E-state index contributed by atoms with van der Waals surface area (Å²) < 4.78 is 10.9. The van der Waals surface area contributed by atoms with Crippen molar-refractivity contribution >= 4 is 57.3 Å². The smallest absolute Gasteiger partial charge is 0.257 e. The van der Waals surface area contributed by atoms with Crippen LogP contribution in [-0.4, -0.2) is 47.9 Å². The minimum atomic E-state index is -0.389. The fraction of sp³-hybridized carbons (Fsp3) is 0.190. The van der Waals surface area contributed by atoms with E-state index in [1.165, 1.54) is 32.9 Å². The van der Waals surface area contributed by atoms with Crippen molar-refractivity contribution < 1.29 is 23.9 Å². The number of hydrogen-bond donors (Lipinski definition) is 3. The van der Waals surface area contributed by atoms with Gasteiger partial charge in [-0.25, -0.2) is 0 Å². The quantitative estimate of drug-likeness (QED) is 0.309. The molecule has 0 saturated carbocycles. The molecule has 3 amide bonds. The van der Waals surface area contributed by atoms with E-state index in [1.54, 1.807) is 42.5 Å². The third kappa shape index (κ3) is 7.19. The summed E-state index contributed by atoms with van der Waals surface area (Å²) in [5.41, 5.74) is 1.60. The van der Waals surface area contributed by atoms with Crippen LogP contribution in [0.4, 0.5) is 16.5 Å². The topological polar surface area (TPSA) is 132 Å². The van der Waals surface area contributed by atoms with Crippen LogP contribution in [0.2, 0.25) is 0 Å². The first kappa shape index (κ1) is 24.0. The molecule has 33 heavy (non-hydrogen) atoms. The van der Waals surface area contributed by atoms with Gasteiger partial charge >= 0.3 is 0 Å². The van der Waals surface area contributed by atoms with Gasteiger partial charge in [0.15, 0.2) is 4.34 Å². The summed E-state index contributed by atoms with van der Waals surface area (Å²) in [4.78, 5) is 35.8. The standard InChI is InChI=1S/C21H21N5O5S2/c1-12(27)22-14-4-6-15(7-5-14)23-18(28)11-32-21-26-25-20(33-21)24-19(29)13-8-16(30-2)10-17(9-13)31-3/h4-10H,11H2,1-3H3,(H,22,27)(H,23,28)(H,24,25,29). The second-order valence-electron chi connectivity index (χ2n) is 6.52. The van der Waals surface area contributed by atoms with E-state index in [1.807, 2.05) is 0 Å². The number of hydrogen-bond acceptors (Lipinski definition) is 9. The SMILES string of the molecule is COc1cc(OC)cc(C(=O)Nc2nnc(SCC(=O)Nc3ccc(NC(C)=O)cc3)s2)c1. The first-order valence-corrected chi connectivity index (χ1v) is 11.3. The molecule has 1 heterocycles. The predicted octanol–water partition coefficient (Wildman–Crippen LogP) is 3.50. The van der Waals surface area contributed by atoms with Crippen molar-refractivity contribution in [3.63, 3.8) is 0 Å². The lowest BCUT2D eigenvalue weighted by molar-refractivity contribution is -0.114. The monoisotopic (exact) mass is 487 g/mol. The molecule has 0 radical (unpaired) electrons. The Morgan fingerprint density at radius 3 is 2.09 bits per heavy atom. The van der Waals surface area contributed by atoms with Crippen molar-refractivity contribution in [2.24, 2.45) is 0 Å². The highest BCUT2D eigenvalue weighted by Gasteiger charge is 2.14. The molecular formula is C21H21N5O5S2. The summed E-state index contributed by atoms with van der Waals surface area (Å²) in [7, 11) is 3.00. The first-order chi connectivity index (χ1) is 15.9. The summed E-state index contributed by atoms with van der Waals surface area (Å²) in [6.45, 7) is 1.42. The van der Waals surface area contributed by atoms with E-state index in [0.29, 0.717) is 37.9 Å². The average Bonchev–Trinajstić information content (AvgIpc) is 3.25. The lowest BCUT2D eigenvalue weighted by Gasteiger charge is -2.07. The number of thioether (sulfide) groups is 1. The Bertz CT molecular complexity index is 1130. The van der Waals surface area contributed by atoms with Crippen LogP contribution < -0.4 is 25.4 Å². The number of anilines is 3. The molecule has 0 atom stereocenters. The van der Waals surface area contributed by atoms with E-state index < -0.39 is 0 Å². The zero-order valence-corrected chi connectivity index (χ0v) is 19.6. The van der Waals surface area contributed by atoms with Crippen LogP contribution in [0.15, 0.2) is 46.8 Å². The van der Waals surface area contributed by atoms with Crippen LogP contribution in [0, 0.1) is 0 Å². The number of rotatable bonds is 9. The largest absolute Gasteiger partial charge is 0.497 e. The molecule has 0 aliphatic heterocycles. The van der Waals surface area contributed by atoms with Gasteiger partial charge in [-0.1, -0.05) is 23.1 Å². The Morgan fingerprint density at radius 1 is 0.909 bits per heavy atom. The van der Waals surface area contributed by atoms with Crippen LogP contribution in [0.3, 0.4) is 0 Å². The van der Waals surface area contributed by atoms with Crippen molar-refractivity contribution in [3.8, 4) is 11.5 Å². The zero-order chi connectivity index (χ0) is 23.8. The molecule has 0 bridgehead atoms. The summed E-state index contributed by atoms with van der Waals surface area (Å²) in [6.07, 6.45) is 0. The number of nitrogens with one attached hydrogen (secondary N) is 3. The highest BCUT2D eigenvalue weighted by atomic mass is 32.2. The van der Waals surface area contributed by atoms with Crippen molar-refractivity contribution in [2.75, 3.05) is 35.9 Å². The molecular weight excluding hydrogens is 466 g/mol. The molecule has 3 rings (SSSR count). The summed E-state index contributed by atoms with van der Waals surface area (Å²) >= 11 is 2.36. The van der Waals surface area contributed by atoms with E-state index in [9.17, 15) is 14.4 Å². The Hall–Kier alpha value is -3.64. The molecule has 0 saturated heterocycles. The maximum atomic E-state index is 12.5. The first-order valence-electron chi connectivity index (χ1n) is 9.54. The van der Waals surface area contributed by atoms with E-state index in [2.05, 4.69) is 26.1 Å². The molecule has 10 nitrogen and oxygen atoms in total. The molecule has 0 unspecified atom stereocenters. The van der Waals surface area contributed by atoms with Gasteiger partial charge in [-0.15, -0.1) is 10.2 Å². The van der Waals surface area contributed by atoms with Gasteiger partial charge in [0.1, 0.15) is 11.5 Å². The van der Waals surface area contributed by atoms with Gasteiger partial charge in [0.25, 0.3) is 5.91 Å². The van der Waals surface area contributed by atoms with Crippen molar-refractivity contribution in [2.45, 2.75) is 11.3 Å². The molecule has 3 N–H and O–H groups in total. The molecule has 1 aromatic heterocycles. The second-order valence-corrected chi connectivity index (χ2v) is 8.72. The van der Waals surface area contributed by atoms with Gasteiger partial charge < -0.3 is 20.1 Å². The molecule has 0 spiro atoms. The number of carbonyl (C=O) groups is 3. The van der Waals surface area contributed by atoms with E-state index in [0.717, 1.165) is 11.3 Å². The Morgan fingerprint density at radius 2 is 1.52 bits per heavy atom. The number of ether oxygens (including phenoxy) is 2. The third-order valence-corrected chi connectivity index (χ3v) is 6.03. The minimum absolute atomic E-state index is 0.114. The Balaban J connectivity index is 1.52. The highest BCUT2D eigenvalue weighted by molar-refractivity contribution is 8.01. The maximum Gasteiger partial charge on any atom is 0.257 e. The van der Waals surface area contributed by atoms with Gasteiger partial charge in [0, 0.05) is 29.9 Å².